The van der Waals surface area contributed by atoms with Crippen LogP contribution in [0.15, 0.2) is 255 Å². The lowest BCUT2D eigenvalue weighted by Crippen LogP contribution is -2.04. The molecule has 0 aromatic heterocycles. The van der Waals surface area contributed by atoms with Crippen molar-refractivity contribution in [3.8, 4) is 77.9 Å². The zero-order valence-electron chi connectivity index (χ0n) is 34.9. The number of benzene rings is 9. The molecule has 9 aromatic carbocycles. The van der Waals surface area contributed by atoms with Gasteiger partial charge in [-0.05, 0) is 132 Å². The summed E-state index contributed by atoms with van der Waals surface area (Å²) in [5.74, 6) is -0.0372. The van der Waals surface area contributed by atoms with Crippen molar-refractivity contribution >= 4 is 11.4 Å². The van der Waals surface area contributed by atoms with Crippen LogP contribution in [0.25, 0.3) is 83.5 Å². The topological polar surface area (TPSA) is 17.1 Å². The van der Waals surface area contributed by atoms with Gasteiger partial charge in [-0.3, -0.25) is 4.79 Å². The molecule has 1 heteroatoms. The Balaban J connectivity index is 1.20. The molecule has 298 valence electrons. The molecule has 63 heavy (non-hydrogen) atoms. The standard InChI is InChI=1S/C62H44O/c63-62(53-42-50(60-36-20-16-32-56(60)46-26-10-4-11-27-46)39-51(43-53)61-37-21-17-33-57(61)47-28-12-5-13-29-47)52-40-48(58-34-18-14-30-54(58)44-22-6-1-2-7-23-44)38-49(41-52)59-35-19-15-31-55(59)45-24-8-3-9-25-45/h1-22,24-43H,23H2. The molecule has 1 aliphatic carbocycles. The zero-order chi connectivity index (χ0) is 42.4. The van der Waals surface area contributed by atoms with Gasteiger partial charge in [0.05, 0.1) is 0 Å². The van der Waals surface area contributed by atoms with Crippen molar-refractivity contribution in [1.29, 1.82) is 0 Å². The van der Waals surface area contributed by atoms with Crippen LogP contribution in [0.3, 0.4) is 0 Å². The van der Waals surface area contributed by atoms with Gasteiger partial charge in [0.1, 0.15) is 0 Å². The summed E-state index contributed by atoms with van der Waals surface area (Å²) in [6.45, 7) is 0. The summed E-state index contributed by atoms with van der Waals surface area (Å²) < 4.78 is 0. The highest BCUT2D eigenvalue weighted by Gasteiger charge is 2.21. The Morgan fingerprint density at radius 2 is 0.587 bits per heavy atom. The third-order valence-electron chi connectivity index (χ3n) is 11.9. The van der Waals surface area contributed by atoms with E-state index in [0.29, 0.717) is 11.1 Å². The number of ketones is 1. The molecule has 10 rings (SSSR count). The number of allylic oxidation sites excluding steroid dienone is 6. The maximum absolute atomic E-state index is 15.6. The fourth-order valence-corrected chi connectivity index (χ4v) is 8.91. The third-order valence-corrected chi connectivity index (χ3v) is 11.9. The number of rotatable bonds is 10. The summed E-state index contributed by atoms with van der Waals surface area (Å²) in [6, 6.07) is 78.5. The fourth-order valence-electron chi connectivity index (χ4n) is 8.91. The number of carbonyl (C=O) groups excluding carboxylic acids is 1. The molecular weight excluding hydrogens is 761 g/mol. The molecule has 0 N–H and O–H groups in total. The van der Waals surface area contributed by atoms with Crippen molar-refractivity contribution in [1.82, 2.24) is 0 Å². The van der Waals surface area contributed by atoms with Crippen LogP contribution in [0.4, 0.5) is 0 Å². The average molecular weight is 805 g/mol. The van der Waals surface area contributed by atoms with Gasteiger partial charge >= 0.3 is 0 Å². The lowest BCUT2D eigenvalue weighted by molar-refractivity contribution is 0.103. The van der Waals surface area contributed by atoms with E-state index in [1.165, 1.54) is 5.57 Å². The predicted molar refractivity (Wildman–Crippen MR) is 265 cm³/mol. The van der Waals surface area contributed by atoms with Gasteiger partial charge in [-0.25, -0.2) is 0 Å². The minimum absolute atomic E-state index is 0.0372. The van der Waals surface area contributed by atoms with Crippen molar-refractivity contribution in [2.24, 2.45) is 0 Å². The Morgan fingerprint density at radius 3 is 0.952 bits per heavy atom. The average Bonchev–Trinajstić information content (AvgIpc) is 3.67. The van der Waals surface area contributed by atoms with Gasteiger partial charge in [0, 0.05) is 11.1 Å². The predicted octanol–water partition coefficient (Wildman–Crippen LogP) is 16.5. The molecule has 0 atom stereocenters. The molecule has 0 spiro atoms. The SMILES string of the molecule is O=C(c1cc(-c2ccccc2C2=CC=CC=CC2)cc(-c2ccccc2-c2ccccc2)c1)c1cc(-c2ccccc2-c2ccccc2)cc(-c2ccccc2-c2ccccc2)c1. The zero-order valence-corrected chi connectivity index (χ0v) is 34.9. The maximum atomic E-state index is 15.6. The highest BCUT2D eigenvalue weighted by molar-refractivity contribution is 6.12. The summed E-state index contributed by atoms with van der Waals surface area (Å²) >= 11 is 0. The van der Waals surface area contributed by atoms with Gasteiger partial charge in [-0.15, -0.1) is 0 Å². The minimum Gasteiger partial charge on any atom is -0.289 e. The van der Waals surface area contributed by atoms with Gasteiger partial charge in [0.2, 0.25) is 0 Å². The van der Waals surface area contributed by atoms with Crippen LogP contribution in [0.1, 0.15) is 27.9 Å². The van der Waals surface area contributed by atoms with Crippen LogP contribution >= 0.6 is 0 Å². The normalized spacial score (nSPS) is 12.1. The van der Waals surface area contributed by atoms with E-state index >= 15 is 4.79 Å². The van der Waals surface area contributed by atoms with E-state index in [0.717, 1.165) is 89.9 Å². The van der Waals surface area contributed by atoms with E-state index in [9.17, 15) is 0 Å². The Morgan fingerprint density at radius 1 is 0.286 bits per heavy atom. The Bertz CT molecular complexity index is 3080. The summed E-state index contributed by atoms with van der Waals surface area (Å²) in [7, 11) is 0. The highest BCUT2D eigenvalue weighted by Crippen LogP contribution is 2.41. The maximum Gasteiger partial charge on any atom is 0.193 e. The van der Waals surface area contributed by atoms with Crippen LogP contribution in [-0.4, -0.2) is 5.78 Å². The number of hydrogen-bond donors (Lipinski definition) is 0. The van der Waals surface area contributed by atoms with Gasteiger partial charge in [0.15, 0.2) is 5.78 Å². The molecule has 0 saturated carbocycles. The van der Waals surface area contributed by atoms with Crippen molar-refractivity contribution in [3.63, 3.8) is 0 Å². The molecular formula is C62H44O. The molecule has 0 bridgehead atoms. The van der Waals surface area contributed by atoms with Crippen LogP contribution in [0.5, 0.6) is 0 Å². The molecule has 0 amide bonds. The highest BCUT2D eigenvalue weighted by atomic mass is 16.1. The van der Waals surface area contributed by atoms with E-state index in [2.05, 4.69) is 237 Å². The smallest absolute Gasteiger partial charge is 0.193 e. The van der Waals surface area contributed by atoms with E-state index < -0.39 is 0 Å². The second-order valence-electron chi connectivity index (χ2n) is 15.9. The lowest BCUT2D eigenvalue weighted by Gasteiger charge is -2.18. The molecule has 1 nitrogen and oxygen atoms in total. The van der Waals surface area contributed by atoms with Crippen LogP contribution in [-0.2, 0) is 0 Å². The van der Waals surface area contributed by atoms with Crippen molar-refractivity contribution < 1.29 is 4.79 Å². The second-order valence-corrected chi connectivity index (χ2v) is 15.9. The molecule has 0 heterocycles. The monoisotopic (exact) mass is 804 g/mol. The summed E-state index contributed by atoms with van der Waals surface area (Å²) in [4.78, 5) is 15.6. The molecule has 1 aliphatic rings. The van der Waals surface area contributed by atoms with Crippen molar-refractivity contribution in [2.45, 2.75) is 6.42 Å². The van der Waals surface area contributed by atoms with Gasteiger partial charge in [-0.2, -0.15) is 0 Å². The van der Waals surface area contributed by atoms with Gasteiger partial charge in [0.25, 0.3) is 0 Å². The summed E-state index contributed by atoms with van der Waals surface area (Å²) in [5.41, 5.74) is 18.6. The Labute approximate surface area is 370 Å². The van der Waals surface area contributed by atoms with Gasteiger partial charge in [-0.1, -0.05) is 218 Å². The van der Waals surface area contributed by atoms with E-state index in [4.69, 9.17) is 0 Å². The third kappa shape index (κ3) is 8.21. The first-order valence-electron chi connectivity index (χ1n) is 21.6. The van der Waals surface area contributed by atoms with E-state index in [1.54, 1.807) is 0 Å². The minimum atomic E-state index is -0.0372. The quantitative estimate of drug-likeness (QED) is 0.126. The van der Waals surface area contributed by atoms with E-state index in [1.807, 2.05) is 18.2 Å². The van der Waals surface area contributed by atoms with Gasteiger partial charge < -0.3 is 0 Å². The van der Waals surface area contributed by atoms with Crippen molar-refractivity contribution in [2.75, 3.05) is 0 Å². The van der Waals surface area contributed by atoms with E-state index in [-0.39, 0.29) is 5.78 Å². The second kappa shape index (κ2) is 17.8. The molecule has 0 aliphatic heterocycles. The largest absolute Gasteiger partial charge is 0.289 e. The summed E-state index contributed by atoms with van der Waals surface area (Å²) in [6.07, 6.45) is 11.5. The van der Waals surface area contributed by atoms with Crippen LogP contribution in [0, 0.1) is 0 Å². The van der Waals surface area contributed by atoms with Crippen LogP contribution < -0.4 is 0 Å². The summed E-state index contributed by atoms with van der Waals surface area (Å²) in [5, 5.41) is 0. The first-order valence-corrected chi connectivity index (χ1v) is 21.6. The Kier molecular flexibility index (Phi) is 11.1. The number of carbonyl (C=O) groups is 1. The first-order chi connectivity index (χ1) is 31.2. The lowest BCUT2D eigenvalue weighted by atomic mass is 9.85. The number of hydrogen-bond acceptors (Lipinski definition) is 1. The molecule has 0 saturated heterocycles. The fraction of sp³-hybridized carbons (Fsp3) is 0.0161. The molecule has 9 aromatic rings. The van der Waals surface area contributed by atoms with Crippen molar-refractivity contribution in [3.05, 3.63) is 272 Å². The van der Waals surface area contributed by atoms with Crippen LogP contribution in [0.2, 0.25) is 0 Å². The molecule has 0 fully saturated rings. The molecule has 0 radical (unpaired) electrons. The Hall–Kier alpha value is -8.13. The first kappa shape index (κ1) is 39.0. The molecule has 0 unspecified atom stereocenters.